The quantitative estimate of drug-likeness (QED) is 0.443. The minimum Gasteiger partial charge on any atom is -0.333 e. The number of aryl methyl sites for hydroxylation is 1. The number of para-hydroxylation sites is 1. The van der Waals surface area contributed by atoms with Crippen molar-refractivity contribution in [1.82, 2.24) is 19.9 Å². The van der Waals surface area contributed by atoms with Crippen molar-refractivity contribution in [2.75, 3.05) is 0 Å². The van der Waals surface area contributed by atoms with E-state index in [9.17, 15) is 0 Å². The van der Waals surface area contributed by atoms with Crippen LogP contribution in [0.5, 0.6) is 0 Å². The molecule has 0 bridgehead atoms. The Bertz CT molecular complexity index is 1150. The summed E-state index contributed by atoms with van der Waals surface area (Å²) in [7, 11) is 0. The Morgan fingerprint density at radius 1 is 1.04 bits per heavy atom. The van der Waals surface area contributed by atoms with Crippen LogP contribution in [0.4, 0.5) is 0 Å². The van der Waals surface area contributed by atoms with Gasteiger partial charge in [0, 0.05) is 5.39 Å². The van der Waals surface area contributed by atoms with Crippen LogP contribution in [-0.2, 0) is 0 Å². The van der Waals surface area contributed by atoms with Crippen LogP contribution in [0.3, 0.4) is 0 Å². The molecule has 0 spiro atoms. The first-order chi connectivity index (χ1) is 12.3. The Kier molecular flexibility index (Phi) is 3.29. The molecule has 25 heavy (non-hydrogen) atoms. The van der Waals surface area contributed by atoms with Crippen LogP contribution >= 0.6 is 22.7 Å². The van der Waals surface area contributed by atoms with Gasteiger partial charge in [0.15, 0.2) is 0 Å². The highest BCUT2D eigenvalue weighted by Crippen LogP contribution is 2.36. The fraction of sp³-hybridized carbons (Fsp3) is 0.0556. The summed E-state index contributed by atoms with van der Waals surface area (Å²) in [6, 6.07) is 16.2. The predicted molar refractivity (Wildman–Crippen MR) is 100 cm³/mol. The summed E-state index contributed by atoms with van der Waals surface area (Å²) in [6.45, 7) is 2.02. The van der Waals surface area contributed by atoms with E-state index in [-0.39, 0.29) is 0 Å². The molecule has 5 nitrogen and oxygen atoms in total. The second kappa shape index (κ2) is 5.65. The van der Waals surface area contributed by atoms with E-state index in [2.05, 4.69) is 33.4 Å². The number of hydrogen-bond acceptors (Lipinski definition) is 6. The first-order valence-corrected chi connectivity index (χ1v) is 9.42. The van der Waals surface area contributed by atoms with E-state index in [0.29, 0.717) is 11.7 Å². The molecule has 4 aromatic heterocycles. The number of benzene rings is 1. The summed E-state index contributed by atoms with van der Waals surface area (Å²) in [5.41, 5.74) is 2.03. The molecule has 122 valence electrons. The van der Waals surface area contributed by atoms with E-state index in [1.165, 1.54) is 0 Å². The monoisotopic (exact) mass is 364 g/mol. The lowest BCUT2D eigenvalue weighted by Crippen LogP contribution is -1.94. The maximum Gasteiger partial charge on any atom is 0.268 e. The standard InChI is InChI=1S/C18H12N4OS2/c1-11-13-10-15(16-19-17(23-21-16)14-8-5-9-24-14)25-18(13)22(20-11)12-6-3-2-4-7-12/h2-10H,1H3. The summed E-state index contributed by atoms with van der Waals surface area (Å²) in [5, 5.41) is 11.9. The molecule has 0 unspecified atom stereocenters. The van der Waals surface area contributed by atoms with Crippen molar-refractivity contribution in [3.05, 3.63) is 59.6 Å². The van der Waals surface area contributed by atoms with Gasteiger partial charge in [-0.1, -0.05) is 29.4 Å². The highest BCUT2D eigenvalue weighted by Gasteiger charge is 2.18. The lowest BCUT2D eigenvalue weighted by molar-refractivity contribution is 0.433. The maximum atomic E-state index is 5.41. The average molecular weight is 364 g/mol. The van der Waals surface area contributed by atoms with Crippen LogP contribution in [0.15, 0.2) is 58.4 Å². The van der Waals surface area contributed by atoms with Crippen LogP contribution in [0, 0.1) is 6.92 Å². The molecule has 0 saturated heterocycles. The number of nitrogens with zero attached hydrogens (tertiary/aromatic N) is 4. The van der Waals surface area contributed by atoms with Gasteiger partial charge in [0.1, 0.15) is 4.83 Å². The van der Waals surface area contributed by atoms with E-state index in [1.54, 1.807) is 22.7 Å². The third kappa shape index (κ3) is 2.40. The van der Waals surface area contributed by atoms with E-state index in [0.717, 1.165) is 31.4 Å². The second-order valence-corrected chi connectivity index (χ2v) is 7.54. The zero-order valence-electron chi connectivity index (χ0n) is 13.2. The minimum absolute atomic E-state index is 0.559. The molecule has 5 rings (SSSR count). The van der Waals surface area contributed by atoms with E-state index < -0.39 is 0 Å². The van der Waals surface area contributed by atoms with Gasteiger partial charge in [-0.05, 0) is 36.6 Å². The van der Waals surface area contributed by atoms with Crippen molar-refractivity contribution in [1.29, 1.82) is 0 Å². The molecule has 0 saturated carbocycles. The molecule has 0 N–H and O–H groups in total. The molecule has 4 heterocycles. The highest BCUT2D eigenvalue weighted by molar-refractivity contribution is 7.21. The SMILES string of the molecule is Cc1nn(-c2ccccc2)c2sc(-c3noc(-c4cccs4)n3)cc12. The Hall–Kier alpha value is -2.77. The molecule has 0 aliphatic heterocycles. The van der Waals surface area contributed by atoms with E-state index in [1.807, 2.05) is 47.3 Å². The summed E-state index contributed by atoms with van der Waals surface area (Å²) in [5.74, 6) is 1.17. The van der Waals surface area contributed by atoms with Gasteiger partial charge in [-0.15, -0.1) is 22.7 Å². The van der Waals surface area contributed by atoms with Crippen molar-refractivity contribution >= 4 is 32.9 Å². The zero-order chi connectivity index (χ0) is 16.8. The molecular weight excluding hydrogens is 352 g/mol. The molecule has 0 radical (unpaired) electrons. The molecule has 5 aromatic rings. The van der Waals surface area contributed by atoms with Gasteiger partial charge in [-0.25, -0.2) is 4.68 Å². The Morgan fingerprint density at radius 2 is 1.92 bits per heavy atom. The first-order valence-electron chi connectivity index (χ1n) is 7.72. The smallest absolute Gasteiger partial charge is 0.268 e. The molecule has 0 aliphatic carbocycles. The molecule has 0 amide bonds. The van der Waals surface area contributed by atoms with Gasteiger partial charge < -0.3 is 4.52 Å². The third-order valence-electron chi connectivity index (χ3n) is 3.92. The number of fused-ring (bicyclic) bond motifs is 1. The number of thiophene rings is 2. The highest BCUT2D eigenvalue weighted by atomic mass is 32.1. The Morgan fingerprint density at radius 3 is 2.72 bits per heavy atom. The second-order valence-electron chi connectivity index (χ2n) is 5.56. The van der Waals surface area contributed by atoms with E-state index in [4.69, 9.17) is 4.52 Å². The summed E-state index contributed by atoms with van der Waals surface area (Å²) < 4.78 is 7.39. The van der Waals surface area contributed by atoms with Crippen molar-refractivity contribution in [2.45, 2.75) is 6.92 Å². The van der Waals surface area contributed by atoms with Crippen LogP contribution < -0.4 is 0 Å². The van der Waals surface area contributed by atoms with Gasteiger partial charge in [-0.2, -0.15) is 10.1 Å². The lowest BCUT2D eigenvalue weighted by atomic mass is 10.3. The summed E-state index contributed by atoms with van der Waals surface area (Å²) in [6.07, 6.45) is 0. The molecule has 7 heteroatoms. The number of aromatic nitrogens is 4. The predicted octanol–water partition coefficient (Wildman–Crippen LogP) is 5.17. The molecule has 0 aliphatic rings. The van der Waals surface area contributed by atoms with Crippen LogP contribution in [0.1, 0.15) is 5.69 Å². The van der Waals surface area contributed by atoms with Crippen molar-refractivity contribution < 1.29 is 4.52 Å². The van der Waals surface area contributed by atoms with Crippen molar-refractivity contribution in [2.24, 2.45) is 0 Å². The van der Waals surface area contributed by atoms with Gasteiger partial charge in [-0.3, -0.25) is 0 Å². The van der Waals surface area contributed by atoms with Crippen molar-refractivity contribution in [3.8, 4) is 27.2 Å². The average Bonchev–Trinajstić information content (AvgIpc) is 3.41. The normalized spacial score (nSPS) is 11.4. The van der Waals surface area contributed by atoms with E-state index >= 15 is 0 Å². The molecule has 1 aromatic carbocycles. The fourth-order valence-corrected chi connectivity index (χ4v) is 4.48. The lowest BCUT2D eigenvalue weighted by Gasteiger charge is -2.00. The molecular formula is C18H12N4OS2. The maximum absolute atomic E-state index is 5.41. The Labute approximate surface area is 151 Å². The first kappa shape index (κ1) is 14.6. The van der Waals surface area contributed by atoms with Gasteiger partial charge in [0.25, 0.3) is 5.89 Å². The van der Waals surface area contributed by atoms with Gasteiger partial charge in [0.05, 0.1) is 21.1 Å². The number of rotatable bonds is 3. The Balaban J connectivity index is 1.62. The van der Waals surface area contributed by atoms with Gasteiger partial charge >= 0.3 is 0 Å². The van der Waals surface area contributed by atoms with Crippen molar-refractivity contribution in [3.63, 3.8) is 0 Å². The molecule has 0 atom stereocenters. The fourth-order valence-electron chi connectivity index (χ4n) is 2.73. The topological polar surface area (TPSA) is 56.7 Å². The molecule has 0 fully saturated rings. The van der Waals surface area contributed by atoms with Gasteiger partial charge in [0.2, 0.25) is 5.82 Å². The van der Waals surface area contributed by atoms with Crippen LogP contribution in [-0.4, -0.2) is 19.9 Å². The summed E-state index contributed by atoms with van der Waals surface area (Å²) >= 11 is 3.21. The van der Waals surface area contributed by atoms with Crippen LogP contribution in [0.2, 0.25) is 0 Å². The third-order valence-corrected chi connectivity index (χ3v) is 5.89. The minimum atomic E-state index is 0.559. The zero-order valence-corrected chi connectivity index (χ0v) is 14.8. The van der Waals surface area contributed by atoms with Crippen LogP contribution in [0.25, 0.3) is 37.4 Å². The summed E-state index contributed by atoms with van der Waals surface area (Å²) in [4.78, 5) is 7.58. The number of hydrogen-bond donors (Lipinski definition) is 0. The largest absolute Gasteiger partial charge is 0.333 e.